The van der Waals surface area contributed by atoms with E-state index in [2.05, 4.69) is 16.1 Å². The van der Waals surface area contributed by atoms with Crippen molar-refractivity contribution in [3.8, 4) is 0 Å². The Labute approximate surface area is 163 Å². The number of hydrogen-bond acceptors (Lipinski definition) is 3. The second kappa shape index (κ2) is 10.0. The van der Waals surface area contributed by atoms with Crippen LogP contribution in [0.5, 0.6) is 0 Å². The summed E-state index contributed by atoms with van der Waals surface area (Å²) in [7, 11) is -3.74. The fourth-order valence-corrected chi connectivity index (χ4v) is 4.51. The van der Waals surface area contributed by atoms with Gasteiger partial charge in [-0.25, -0.2) is 8.42 Å². The first kappa shape index (κ1) is 21.6. The SMILES string of the molecule is CC[C@H](C)[C@@H](NS(=O)(=O)c1ccc(C)cc1)C(=O)NCCC1=CCCCC1. The predicted molar refractivity (Wildman–Crippen MR) is 109 cm³/mol. The summed E-state index contributed by atoms with van der Waals surface area (Å²) in [5, 5.41) is 2.92. The van der Waals surface area contributed by atoms with E-state index in [-0.39, 0.29) is 16.7 Å². The minimum absolute atomic E-state index is 0.0980. The quantitative estimate of drug-likeness (QED) is 0.629. The lowest BCUT2D eigenvalue weighted by atomic mass is 9.97. The number of aryl methyl sites for hydroxylation is 1. The number of sulfonamides is 1. The monoisotopic (exact) mass is 392 g/mol. The first-order chi connectivity index (χ1) is 12.8. The Bertz CT molecular complexity index is 754. The van der Waals surface area contributed by atoms with Crippen LogP contribution in [-0.4, -0.2) is 26.9 Å². The smallest absolute Gasteiger partial charge is 0.241 e. The summed E-state index contributed by atoms with van der Waals surface area (Å²) in [6, 6.07) is 5.87. The fraction of sp³-hybridized carbons (Fsp3) is 0.571. The van der Waals surface area contributed by atoms with Crippen LogP contribution in [0.15, 0.2) is 40.8 Å². The number of benzene rings is 1. The van der Waals surface area contributed by atoms with Crippen molar-refractivity contribution < 1.29 is 13.2 Å². The molecule has 0 saturated carbocycles. The summed E-state index contributed by atoms with van der Waals surface area (Å²) >= 11 is 0. The van der Waals surface area contributed by atoms with Crippen molar-refractivity contribution in [1.29, 1.82) is 0 Å². The maximum atomic E-state index is 12.7. The third-order valence-corrected chi connectivity index (χ3v) is 6.70. The Hall–Kier alpha value is -1.66. The molecular weight excluding hydrogens is 360 g/mol. The predicted octanol–water partition coefficient (Wildman–Crippen LogP) is 3.69. The lowest BCUT2D eigenvalue weighted by molar-refractivity contribution is -0.123. The van der Waals surface area contributed by atoms with Crippen LogP contribution in [0.4, 0.5) is 0 Å². The Morgan fingerprint density at radius 2 is 1.89 bits per heavy atom. The van der Waals surface area contributed by atoms with E-state index in [1.165, 1.54) is 18.4 Å². The van der Waals surface area contributed by atoms with Crippen LogP contribution in [0.2, 0.25) is 0 Å². The normalized spacial score (nSPS) is 17.1. The molecule has 0 unspecified atom stereocenters. The van der Waals surface area contributed by atoms with Crippen molar-refractivity contribution in [2.24, 2.45) is 5.92 Å². The van der Waals surface area contributed by atoms with Crippen LogP contribution in [0.1, 0.15) is 57.9 Å². The molecule has 5 nitrogen and oxygen atoms in total. The summed E-state index contributed by atoms with van der Waals surface area (Å²) < 4.78 is 28.0. The van der Waals surface area contributed by atoms with Crippen LogP contribution in [0.3, 0.4) is 0 Å². The minimum Gasteiger partial charge on any atom is -0.354 e. The van der Waals surface area contributed by atoms with Gasteiger partial charge < -0.3 is 5.32 Å². The van der Waals surface area contributed by atoms with Crippen molar-refractivity contribution in [2.45, 2.75) is 70.2 Å². The molecule has 1 aliphatic rings. The van der Waals surface area contributed by atoms with Crippen molar-refractivity contribution in [2.75, 3.05) is 6.54 Å². The lowest BCUT2D eigenvalue weighted by Gasteiger charge is -2.24. The molecule has 0 saturated heterocycles. The van der Waals surface area contributed by atoms with Crippen LogP contribution >= 0.6 is 0 Å². The Morgan fingerprint density at radius 1 is 1.19 bits per heavy atom. The molecule has 2 N–H and O–H groups in total. The fourth-order valence-electron chi connectivity index (χ4n) is 3.20. The molecule has 2 rings (SSSR count). The molecule has 1 aromatic rings. The number of allylic oxidation sites excluding steroid dienone is 1. The van der Waals surface area contributed by atoms with Gasteiger partial charge in [0.05, 0.1) is 4.90 Å². The zero-order valence-corrected chi connectivity index (χ0v) is 17.4. The topological polar surface area (TPSA) is 75.3 Å². The van der Waals surface area contributed by atoms with E-state index < -0.39 is 16.1 Å². The van der Waals surface area contributed by atoms with E-state index in [0.29, 0.717) is 13.0 Å². The van der Waals surface area contributed by atoms with Gasteiger partial charge in [0.2, 0.25) is 15.9 Å². The standard InChI is InChI=1S/C21H32N2O3S/c1-4-17(3)20(21(24)22-15-14-18-8-6-5-7-9-18)23-27(25,26)19-12-10-16(2)11-13-19/h8,10-13,17,20,23H,4-7,9,14-15H2,1-3H3,(H,22,24)/t17-,20+/m0/s1. The van der Waals surface area contributed by atoms with Gasteiger partial charge in [-0.1, -0.05) is 49.6 Å². The van der Waals surface area contributed by atoms with Gasteiger partial charge in [-0.2, -0.15) is 4.72 Å². The molecule has 0 bridgehead atoms. The molecule has 0 aromatic heterocycles. The number of nitrogens with one attached hydrogen (secondary N) is 2. The molecule has 0 heterocycles. The lowest BCUT2D eigenvalue weighted by Crippen LogP contribution is -2.50. The van der Waals surface area contributed by atoms with Gasteiger partial charge in [0.1, 0.15) is 6.04 Å². The molecule has 150 valence electrons. The summed E-state index contributed by atoms with van der Waals surface area (Å²) in [5.41, 5.74) is 2.38. The second-order valence-electron chi connectivity index (χ2n) is 7.45. The Morgan fingerprint density at radius 3 is 2.48 bits per heavy atom. The summed E-state index contributed by atoms with van der Waals surface area (Å²) in [6.07, 6.45) is 8.49. The molecule has 27 heavy (non-hydrogen) atoms. The van der Waals surface area contributed by atoms with Crippen LogP contribution < -0.4 is 10.0 Å². The van der Waals surface area contributed by atoms with Gasteiger partial charge in [0.25, 0.3) is 0 Å². The summed E-state index contributed by atoms with van der Waals surface area (Å²) in [5.74, 6) is -0.351. The molecule has 1 aromatic carbocycles. The van der Waals surface area contributed by atoms with E-state index in [1.807, 2.05) is 20.8 Å². The van der Waals surface area contributed by atoms with Gasteiger partial charge >= 0.3 is 0 Å². The van der Waals surface area contributed by atoms with Crippen molar-refractivity contribution in [3.63, 3.8) is 0 Å². The molecule has 1 aliphatic carbocycles. The summed E-state index contributed by atoms with van der Waals surface area (Å²) in [4.78, 5) is 12.9. The number of carbonyl (C=O) groups is 1. The zero-order valence-electron chi connectivity index (χ0n) is 16.6. The van der Waals surface area contributed by atoms with Gasteiger partial charge in [0, 0.05) is 6.54 Å². The first-order valence-electron chi connectivity index (χ1n) is 9.88. The Balaban J connectivity index is 2.01. The highest BCUT2D eigenvalue weighted by atomic mass is 32.2. The average molecular weight is 393 g/mol. The van der Waals surface area contributed by atoms with E-state index in [9.17, 15) is 13.2 Å². The largest absolute Gasteiger partial charge is 0.354 e. The highest BCUT2D eigenvalue weighted by Gasteiger charge is 2.29. The molecule has 0 aliphatic heterocycles. The van der Waals surface area contributed by atoms with E-state index in [1.54, 1.807) is 24.3 Å². The first-order valence-corrected chi connectivity index (χ1v) is 11.4. The molecule has 2 atom stereocenters. The number of carbonyl (C=O) groups excluding carboxylic acids is 1. The van der Waals surface area contributed by atoms with E-state index in [4.69, 9.17) is 0 Å². The van der Waals surface area contributed by atoms with E-state index >= 15 is 0 Å². The van der Waals surface area contributed by atoms with Crippen molar-refractivity contribution >= 4 is 15.9 Å². The third kappa shape index (κ3) is 6.47. The van der Waals surface area contributed by atoms with Gasteiger partial charge in [-0.15, -0.1) is 0 Å². The molecule has 0 fully saturated rings. The molecule has 0 spiro atoms. The zero-order chi connectivity index (χ0) is 19.9. The van der Waals surface area contributed by atoms with Crippen molar-refractivity contribution in [1.82, 2.24) is 10.0 Å². The van der Waals surface area contributed by atoms with Gasteiger partial charge in [0.15, 0.2) is 0 Å². The average Bonchev–Trinajstić information content (AvgIpc) is 2.66. The third-order valence-electron chi connectivity index (χ3n) is 5.24. The Kier molecular flexibility index (Phi) is 8.05. The van der Waals surface area contributed by atoms with Crippen LogP contribution in [0, 0.1) is 12.8 Å². The minimum atomic E-state index is -3.74. The summed E-state index contributed by atoms with van der Waals surface area (Å²) in [6.45, 7) is 6.30. The molecule has 0 radical (unpaired) electrons. The number of amides is 1. The number of hydrogen-bond donors (Lipinski definition) is 2. The van der Waals surface area contributed by atoms with Gasteiger partial charge in [-0.3, -0.25) is 4.79 Å². The highest BCUT2D eigenvalue weighted by molar-refractivity contribution is 7.89. The van der Waals surface area contributed by atoms with Crippen LogP contribution in [-0.2, 0) is 14.8 Å². The van der Waals surface area contributed by atoms with Gasteiger partial charge in [-0.05, 0) is 57.1 Å². The van der Waals surface area contributed by atoms with Crippen LogP contribution in [0.25, 0.3) is 0 Å². The molecular formula is C21H32N2O3S. The maximum absolute atomic E-state index is 12.7. The highest BCUT2D eigenvalue weighted by Crippen LogP contribution is 2.19. The number of rotatable bonds is 9. The van der Waals surface area contributed by atoms with E-state index in [0.717, 1.165) is 24.8 Å². The second-order valence-corrected chi connectivity index (χ2v) is 9.16. The molecule has 1 amide bonds. The maximum Gasteiger partial charge on any atom is 0.241 e. The molecule has 6 heteroatoms. The van der Waals surface area contributed by atoms with Crippen molar-refractivity contribution in [3.05, 3.63) is 41.5 Å².